The Kier molecular flexibility index (Phi) is 4.40. The van der Waals surface area contributed by atoms with Crippen LogP contribution in [0.4, 0.5) is 13.2 Å². The minimum Gasteiger partial charge on any atom is -0.324 e. The zero-order valence-corrected chi connectivity index (χ0v) is 11.9. The lowest BCUT2D eigenvalue weighted by Crippen LogP contribution is -2.07. The largest absolute Gasteiger partial charge is 0.324 e. The number of nitrogens with two attached hydrogens (primary N) is 1. The summed E-state index contributed by atoms with van der Waals surface area (Å²) in [5.74, 6) is -2.12. The lowest BCUT2D eigenvalue weighted by atomic mass is 10.1. The van der Waals surface area contributed by atoms with Crippen molar-refractivity contribution in [3.05, 3.63) is 58.9 Å². The van der Waals surface area contributed by atoms with E-state index in [0.717, 1.165) is 17.0 Å². The highest BCUT2D eigenvalue weighted by molar-refractivity contribution is 7.99. The number of hydrogen-bond donors (Lipinski definition) is 1. The molecule has 20 heavy (non-hydrogen) atoms. The molecule has 2 N–H and O–H groups in total. The van der Waals surface area contributed by atoms with Crippen LogP contribution in [-0.2, 0) is 0 Å². The van der Waals surface area contributed by atoms with Crippen molar-refractivity contribution >= 4 is 11.8 Å². The van der Waals surface area contributed by atoms with Crippen molar-refractivity contribution in [1.82, 2.24) is 0 Å². The van der Waals surface area contributed by atoms with E-state index in [9.17, 15) is 13.2 Å². The molecule has 0 aliphatic carbocycles. The first-order valence-corrected chi connectivity index (χ1v) is 6.88. The van der Waals surface area contributed by atoms with E-state index >= 15 is 0 Å². The zero-order chi connectivity index (χ0) is 14.9. The Hall–Kier alpha value is -1.46. The third-order valence-electron chi connectivity index (χ3n) is 2.90. The van der Waals surface area contributed by atoms with Crippen molar-refractivity contribution in [1.29, 1.82) is 0 Å². The minimum atomic E-state index is -0.906. The highest BCUT2D eigenvalue weighted by atomic mass is 32.2. The summed E-state index contributed by atoms with van der Waals surface area (Å²) in [6.07, 6.45) is 0. The molecule has 0 radical (unpaired) electrons. The van der Waals surface area contributed by atoms with Gasteiger partial charge in [0.15, 0.2) is 11.6 Å². The first kappa shape index (κ1) is 14.9. The van der Waals surface area contributed by atoms with Crippen LogP contribution in [0.5, 0.6) is 0 Å². The molecule has 0 fully saturated rings. The normalized spacial score (nSPS) is 12.5. The molecular weight excluding hydrogens is 283 g/mol. The first-order valence-electron chi connectivity index (χ1n) is 6.07. The monoisotopic (exact) mass is 297 g/mol. The maximum atomic E-state index is 13.6. The summed E-state index contributed by atoms with van der Waals surface area (Å²) in [5, 5.41) is 0. The van der Waals surface area contributed by atoms with E-state index < -0.39 is 11.6 Å². The highest BCUT2D eigenvalue weighted by Crippen LogP contribution is 2.34. The summed E-state index contributed by atoms with van der Waals surface area (Å²) in [6.45, 7) is 3.40. The molecule has 0 bridgehead atoms. The number of benzene rings is 2. The topological polar surface area (TPSA) is 26.0 Å². The van der Waals surface area contributed by atoms with Gasteiger partial charge < -0.3 is 5.73 Å². The van der Waals surface area contributed by atoms with Gasteiger partial charge in [-0.05, 0) is 55.3 Å². The second-order valence-electron chi connectivity index (χ2n) is 4.61. The summed E-state index contributed by atoms with van der Waals surface area (Å²) >= 11 is 1.23. The number of halogens is 3. The molecule has 0 saturated carbocycles. The molecule has 0 spiro atoms. The van der Waals surface area contributed by atoms with Gasteiger partial charge in [-0.1, -0.05) is 11.8 Å². The van der Waals surface area contributed by atoms with Crippen LogP contribution >= 0.6 is 11.8 Å². The SMILES string of the molecule is Cc1cc(Sc2ccc(F)c(F)c2)c([C@@H](C)N)cc1F. The smallest absolute Gasteiger partial charge is 0.159 e. The van der Waals surface area contributed by atoms with E-state index in [1.54, 1.807) is 19.9 Å². The van der Waals surface area contributed by atoms with Gasteiger partial charge in [-0.15, -0.1) is 0 Å². The van der Waals surface area contributed by atoms with Crippen LogP contribution in [0.3, 0.4) is 0 Å². The van der Waals surface area contributed by atoms with Gasteiger partial charge in [0.25, 0.3) is 0 Å². The number of aryl methyl sites for hydroxylation is 1. The molecule has 1 nitrogen and oxygen atoms in total. The molecule has 2 aromatic rings. The second-order valence-corrected chi connectivity index (χ2v) is 5.72. The Morgan fingerprint density at radius 1 is 1.00 bits per heavy atom. The molecule has 0 unspecified atom stereocenters. The summed E-state index contributed by atoms with van der Waals surface area (Å²) in [5.41, 5.74) is 6.95. The van der Waals surface area contributed by atoms with Gasteiger partial charge in [-0.3, -0.25) is 0 Å². The lowest BCUT2D eigenvalue weighted by molar-refractivity contribution is 0.506. The number of rotatable bonds is 3. The van der Waals surface area contributed by atoms with E-state index in [2.05, 4.69) is 0 Å². The van der Waals surface area contributed by atoms with Gasteiger partial charge >= 0.3 is 0 Å². The fraction of sp³-hybridized carbons (Fsp3) is 0.200. The zero-order valence-electron chi connectivity index (χ0n) is 11.1. The van der Waals surface area contributed by atoms with Crippen molar-refractivity contribution < 1.29 is 13.2 Å². The van der Waals surface area contributed by atoms with Crippen molar-refractivity contribution in [3.8, 4) is 0 Å². The summed E-state index contributed by atoms with van der Waals surface area (Å²) in [4.78, 5) is 1.28. The maximum Gasteiger partial charge on any atom is 0.159 e. The van der Waals surface area contributed by atoms with Crippen LogP contribution in [0.25, 0.3) is 0 Å². The molecular formula is C15H14F3NS. The van der Waals surface area contributed by atoms with Crippen LogP contribution < -0.4 is 5.73 Å². The van der Waals surface area contributed by atoms with Gasteiger partial charge in [-0.2, -0.15) is 0 Å². The van der Waals surface area contributed by atoms with Crippen LogP contribution in [0, 0.1) is 24.4 Å². The molecule has 2 aromatic carbocycles. The molecule has 0 aliphatic heterocycles. The third-order valence-corrected chi connectivity index (χ3v) is 3.96. The van der Waals surface area contributed by atoms with E-state index in [1.807, 2.05) is 0 Å². The minimum absolute atomic E-state index is 0.327. The van der Waals surface area contributed by atoms with Crippen molar-refractivity contribution in [2.75, 3.05) is 0 Å². The molecule has 0 aliphatic rings. The molecule has 0 saturated heterocycles. The van der Waals surface area contributed by atoms with E-state index in [4.69, 9.17) is 5.73 Å². The third kappa shape index (κ3) is 3.16. The molecule has 5 heteroatoms. The van der Waals surface area contributed by atoms with Crippen molar-refractivity contribution in [2.45, 2.75) is 29.7 Å². The molecule has 0 aromatic heterocycles. The van der Waals surface area contributed by atoms with E-state index in [-0.39, 0.29) is 11.9 Å². The van der Waals surface area contributed by atoms with Crippen LogP contribution in [0.15, 0.2) is 40.1 Å². The predicted molar refractivity (Wildman–Crippen MR) is 74.2 cm³/mol. The summed E-state index contributed by atoms with van der Waals surface area (Å²) in [6, 6.07) is 6.37. The maximum absolute atomic E-state index is 13.6. The Morgan fingerprint density at radius 2 is 1.70 bits per heavy atom. The Bertz CT molecular complexity index is 641. The Labute approximate surface area is 120 Å². The van der Waals surface area contributed by atoms with Gasteiger partial charge in [0.2, 0.25) is 0 Å². The van der Waals surface area contributed by atoms with Gasteiger partial charge in [0, 0.05) is 15.8 Å². The van der Waals surface area contributed by atoms with E-state index in [1.165, 1.54) is 23.9 Å². The average molecular weight is 297 g/mol. The predicted octanol–water partition coefficient (Wildman–Crippen LogP) is 4.58. The standard InChI is InChI=1S/C15H14F3NS/c1-8-5-15(11(9(2)19)7-13(8)17)20-10-3-4-12(16)14(18)6-10/h3-7,9H,19H2,1-2H3/t9-/m1/s1. The molecule has 2 rings (SSSR count). The Morgan fingerprint density at radius 3 is 2.30 bits per heavy atom. The fourth-order valence-electron chi connectivity index (χ4n) is 1.78. The highest BCUT2D eigenvalue weighted by Gasteiger charge is 2.13. The lowest BCUT2D eigenvalue weighted by Gasteiger charge is -2.14. The number of hydrogen-bond acceptors (Lipinski definition) is 2. The van der Waals surface area contributed by atoms with Gasteiger partial charge in [-0.25, -0.2) is 13.2 Å². The molecule has 106 valence electrons. The van der Waals surface area contributed by atoms with Crippen LogP contribution in [0.2, 0.25) is 0 Å². The molecule has 0 amide bonds. The summed E-state index contributed by atoms with van der Waals surface area (Å²) < 4.78 is 39.7. The van der Waals surface area contributed by atoms with Crippen LogP contribution in [0.1, 0.15) is 24.1 Å². The second kappa shape index (κ2) is 5.89. The molecule has 0 heterocycles. The quantitative estimate of drug-likeness (QED) is 0.897. The van der Waals surface area contributed by atoms with Crippen molar-refractivity contribution in [3.63, 3.8) is 0 Å². The van der Waals surface area contributed by atoms with Crippen molar-refractivity contribution in [2.24, 2.45) is 5.73 Å². The Balaban J connectivity index is 2.41. The average Bonchev–Trinajstić information content (AvgIpc) is 2.37. The van der Waals surface area contributed by atoms with E-state index in [0.29, 0.717) is 16.0 Å². The summed E-state index contributed by atoms with van der Waals surface area (Å²) in [7, 11) is 0. The van der Waals surface area contributed by atoms with Crippen LogP contribution in [-0.4, -0.2) is 0 Å². The fourth-order valence-corrected chi connectivity index (χ4v) is 2.93. The van der Waals surface area contributed by atoms with Gasteiger partial charge in [0.1, 0.15) is 5.82 Å². The first-order chi connectivity index (χ1) is 9.38. The van der Waals surface area contributed by atoms with Gasteiger partial charge in [0.05, 0.1) is 0 Å². The molecule has 1 atom stereocenters.